The van der Waals surface area contributed by atoms with Crippen LogP contribution in [0, 0.1) is 6.07 Å². The van der Waals surface area contributed by atoms with Gasteiger partial charge < -0.3 is 4.74 Å². The highest BCUT2D eigenvalue weighted by atomic mass is 35.5. The first-order valence-corrected chi connectivity index (χ1v) is 5.42. The molecule has 0 aliphatic rings. The molecule has 0 saturated heterocycles. The van der Waals surface area contributed by atoms with Gasteiger partial charge in [-0.15, -0.1) is 0 Å². The summed E-state index contributed by atoms with van der Waals surface area (Å²) in [6, 6.07) is 10.7. The number of carbonyl (C=O) groups excluding carboxylic acids is 1. The number of hydrogen-bond acceptors (Lipinski definition) is 3. The average molecular weight is 267 g/mol. The summed E-state index contributed by atoms with van der Waals surface area (Å²) >= 11 is 11.5. The Morgan fingerprint density at radius 3 is 2.71 bits per heavy atom. The fourth-order valence-corrected chi connectivity index (χ4v) is 1.47. The second kappa shape index (κ2) is 5.17. The van der Waals surface area contributed by atoms with E-state index in [-0.39, 0.29) is 11.4 Å². The van der Waals surface area contributed by atoms with Crippen LogP contribution < -0.4 is 4.74 Å². The van der Waals surface area contributed by atoms with Gasteiger partial charge in [0.25, 0.3) is 0 Å². The molecule has 2 rings (SSSR count). The number of halogens is 2. The molecule has 0 atom stereocenters. The van der Waals surface area contributed by atoms with Crippen molar-refractivity contribution in [2.45, 2.75) is 0 Å². The number of aromatic nitrogens is 1. The van der Waals surface area contributed by atoms with Gasteiger partial charge in [-0.05, 0) is 12.1 Å². The number of benzene rings is 1. The van der Waals surface area contributed by atoms with Gasteiger partial charge in [-0.25, -0.2) is 9.78 Å². The summed E-state index contributed by atoms with van der Waals surface area (Å²) in [6.07, 6.45) is 1.34. The normalized spacial score (nSPS) is 10.0. The van der Waals surface area contributed by atoms with Crippen LogP contribution in [0.3, 0.4) is 0 Å². The summed E-state index contributed by atoms with van der Waals surface area (Å²) in [4.78, 5) is 15.6. The summed E-state index contributed by atoms with van der Waals surface area (Å²) in [5.41, 5.74) is 0.283. The largest absolute Gasteiger partial charge is 0.404 e. The van der Waals surface area contributed by atoms with Crippen LogP contribution in [0.2, 0.25) is 10.0 Å². The summed E-state index contributed by atoms with van der Waals surface area (Å²) in [5, 5.41) is 0.679. The molecular formula is C12H6Cl2NO2. The molecule has 5 heteroatoms. The molecule has 1 aromatic carbocycles. The third-order valence-electron chi connectivity index (χ3n) is 1.93. The van der Waals surface area contributed by atoms with E-state index in [9.17, 15) is 4.79 Å². The van der Waals surface area contributed by atoms with Crippen LogP contribution in [-0.2, 0) is 0 Å². The Morgan fingerprint density at radius 1 is 1.29 bits per heavy atom. The van der Waals surface area contributed by atoms with Gasteiger partial charge in [0.15, 0.2) is 0 Å². The topological polar surface area (TPSA) is 39.2 Å². The minimum atomic E-state index is -0.571. The van der Waals surface area contributed by atoms with E-state index >= 15 is 0 Å². The van der Waals surface area contributed by atoms with Gasteiger partial charge in [-0.2, -0.15) is 0 Å². The molecule has 0 aliphatic carbocycles. The van der Waals surface area contributed by atoms with Crippen molar-refractivity contribution in [3.8, 4) is 5.88 Å². The van der Waals surface area contributed by atoms with E-state index in [1.807, 2.05) is 0 Å². The number of nitrogens with zero attached hydrogens (tertiary/aromatic N) is 1. The van der Waals surface area contributed by atoms with Crippen molar-refractivity contribution in [2.24, 2.45) is 0 Å². The van der Waals surface area contributed by atoms with Gasteiger partial charge in [-0.1, -0.05) is 35.3 Å². The van der Waals surface area contributed by atoms with Crippen LogP contribution in [-0.4, -0.2) is 11.0 Å². The fourth-order valence-electron chi connectivity index (χ4n) is 1.16. The van der Waals surface area contributed by atoms with Gasteiger partial charge in [0.05, 0.1) is 21.8 Å². The first-order chi connectivity index (χ1) is 8.16. The number of ether oxygens (including phenoxy) is 1. The molecule has 0 aliphatic heterocycles. The van der Waals surface area contributed by atoms with Crippen LogP contribution in [0.15, 0.2) is 36.5 Å². The monoisotopic (exact) mass is 266 g/mol. The molecular weight excluding hydrogens is 261 g/mol. The molecule has 1 aromatic heterocycles. The summed E-state index contributed by atoms with van der Waals surface area (Å²) < 4.78 is 5.01. The van der Waals surface area contributed by atoms with Crippen molar-refractivity contribution < 1.29 is 9.53 Å². The van der Waals surface area contributed by atoms with E-state index in [0.29, 0.717) is 10.0 Å². The van der Waals surface area contributed by atoms with Crippen molar-refractivity contribution >= 4 is 29.2 Å². The molecule has 0 saturated carbocycles. The lowest BCUT2D eigenvalue weighted by Crippen LogP contribution is -2.09. The smallest absolute Gasteiger partial charge is 0.346 e. The quantitative estimate of drug-likeness (QED) is 0.783. The molecule has 1 radical (unpaired) electrons. The Kier molecular flexibility index (Phi) is 3.61. The van der Waals surface area contributed by atoms with Crippen LogP contribution in [0.4, 0.5) is 0 Å². The summed E-state index contributed by atoms with van der Waals surface area (Å²) in [6.45, 7) is 0. The second-order valence-electron chi connectivity index (χ2n) is 3.10. The molecule has 0 fully saturated rings. The SMILES string of the molecule is O=C(Oc1c[c]c(Cl)cn1)c1ccccc1Cl. The standard InChI is InChI=1S/C12H6Cl2NO2/c13-8-5-6-11(15-7-8)17-12(16)9-3-1-2-4-10(9)14/h1-4,6-7H. The van der Waals surface area contributed by atoms with Gasteiger partial charge in [0.1, 0.15) is 0 Å². The zero-order chi connectivity index (χ0) is 12.3. The maximum Gasteiger partial charge on any atom is 0.346 e. The molecule has 17 heavy (non-hydrogen) atoms. The van der Waals surface area contributed by atoms with E-state index in [0.717, 1.165) is 0 Å². The lowest BCUT2D eigenvalue weighted by Gasteiger charge is -2.04. The minimum Gasteiger partial charge on any atom is -0.404 e. The van der Waals surface area contributed by atoms with Gasteiger partial charge in [0, 0.05) is 12.1 Å². The average Bonchev–Trinajstić information content (AvgIpc) is 2.32. The van der Waals surface area contributed by atoms with E-state index in [2.05, 4.69) is 11.1 Å². The molecule has 0 spiro atoms. The third-order valence-corrected chi connectivity index (χ3v) is 2.47. The van der Waals surface area contributed by atoms with E-state index in [4.69, 9.17) is 27.9 Å². The van der Waals surface area contributed by atoms with Crippen molar-refractivity contribution in [3.63, 3.8) is 0 Å². The van der Waals surface area contributed by atoms with E-state index in [1.165, 1.54) is 12.3 Å². The molecule has 0 N–H and O–H groups in total. The molecule has 0 unspecified atom stereocenters. The van der Waals surface area contributed by atoms with Crippen LogP contribution in [0.1, 0.15) is 10.4 Å². The Hall–Kier alpha value is -1.58. The van der Waals surface area contributed by atoms with E-state index < -0.39 is 5.97 Å². The number of pyridine rings is 1. The summed E-state index contributed by atoms with van der Waals surface area (Å²) in [7, 11) is 0. The third kappa shape index (κ3) is 2.96. The van der Waals surface area contributed by atoms with Crippen LogP contribution >= 0.6 is 23.2 Å². The number of rotatable bonds is 2. The maximum absolute atomic E-state index is 11.7. The first kappa shape index (κ1) is 11.9. The molecule has 85 valence electrons. The number of carbonyl (C=O) groups is 1. The molecule has 1 heterocycles. The van der Waals surface area contributed by atoms with Gasteiger partial charge in [0.2, 0.25) is 5.88 Å². The fraction of sp³-hybridized carbons (Fsp3) is 0. The van der Waals surface area contributed by atoms with Gasteiger partial charge >= 0.3 is 5.97 Å². The lowest BCUT2D eigenvalue weighted by molar-refractivity contribution is 0.0727. The van der Waals surface area contributed by atoms with Crippen molar-refractivity contribution in [2.75, 3.05) is 0 Å². The first-order valence-electron chi connectivity index (χ1n) is 4.67. The number of esters is 1. The minimum absolute atomic E-state index is 0.124. The molecule has 2 aromatic rings. The zero-order valence-electron chi connectivity index (χ0n) is 8.48. The van der Waals surface area contributed by atoms with Gasteiger partial charge in [-0.3, -0.25) is 0 Å². The van der Waals surface area contributed by atoms with Crippen molar-refractivity contribution in [1.82, 2.24) is 4.98 Å². The lowest BCUT2D eigenvalue weighted by atomic mass is 10.2. The zero-order valence-corrected chi connectivity index (χ0v) is 10.00. The highest BCUT2D eigenvalue weighted by Crippen LogP contribution is 2.18. The Morgan fingerprint density at radius 2 is 2.06 bits per heavy atom. The predicted molar refractivity (Wildman–Crippen MR) is 64.5 cm³/mol. The molecule has 3 nitrogen and oxygen atoms in total. The Bertz CT molecular complexity index is 540. The maximum atomic E-state index is 11.7. The van der Waals surface area contributed by atoms with Crippen molar-refractivity contribution in [1.29, 1.82) is 0 Å². The highest BCUT2D eigenvalue weighted by Gasteiger charge is 2.12. The van der Waals surface area contributed by atoms with Crippen LogP contribution in [0.5, 0.6) is 5.88 Å². The summed E-state index contributed by atoms with van der Waals surface area (Å²) in [5.74, 6) is -0.446. The predicted octanol–water partition coefficient (Wildman–Crippen LogP) is 3.41. The van der Waals surface area contributed by atoms with Crippen LogP contribution in [0.25, 0.3) is 0 Å². The number of hydrogen-bond donors (Lipinski definition) is 0. The Labute approximate surface area is 108 Å². The Balaban J connectivity index is 2.17. The highest BCUT2D eigenvalue weighted by molar-refractivity contribution is 6.33. The second-order valence-corrected chi connectivity index (χ2v) is 3.92. The molecule has 0 amide bonds. The van der Waals surface area contributed by atoms with Crippen molar-refractivity contribution in [3.05, 3.63) is 58.2 Å². The van der Waals surface area contributed by atoms with E-state index in [1.54, 1.807) is 24.3 Å². The molecule has 0 bridgehead atoms.